The summed E-state index contributed by atoms with van der Waals surface area (Å²) in [6, 6.07) is 0. The number of alkyl halides is 2. The standard InChI is InChI=1S/C11H22F2N2/c1-3-10(7-14-2)8-15-6-4-5-11(12,13)9-15/h10,14H,3-9H2,1-2H3. The van der Waals surface area contributed by atoms with Crippen molar-refractivity contribution in [3.05, 3.63) is 0 Å². The molecule has 1 saturated heterocycles. The summed E-state index contributed by atoms with van der Waals surface area (Å²) >= 11 is 0. The second-order valence-corrected chi connectivity index (χ2v) is 4.53. The topological polar surface area (TPSA) is 15.3 Å². The third-order valence-electron chi connectivity index (χ3n) is 3.06. The fourth-order valence-electron chi connectivity index (χ4n) is 2.19. The Hall–Kier alpha value is -0.220. The summed E-state index contributed by atoms with van der Waals surface area (Å²) in [6.45, 7) is 4.61. The maximum Gasteiger partial charge on any atom is 0.260 e. The van der Waals surface area contributed by atoms with Crippen LogP contribution < -0.4 is 5.32 Å². The van der Waals surface area contributed by atoms with Crippen LogP contribution in [0.25, 0.3) is 0 Å². The zero-order valence-corrected chi connectivity index (χ0v) is 9.73. The fraction of sp³-hybridized carbons (Fsp3) is 1.00. The molecular formula is C11H22F2N2. The second kappa shape index (κ2) is 5.75. The van der Waals surface area contributed by atoms with Crippen molar-refractivity contribution in [2.24, 2.45) is 5.92 Å². The van der Waals surface area contributed by atoms with Crippen molar-refractivity contribution in [2.45, 2.75) is 32.1 Å². The molecule has 1 aliphatic rings. The lowest BCUT2D eigenvalue weighted by molar-refractivity contribution is -0.0669. The van der Waals surface area contributed by atoms with Crippen LogP contribution in [0.1, 0.15) is 26.2 Å². The molecule has 1 heterocycles. The van der Waals surface area contributed by atoms with Crippen LogP contribution in [-0.4, -0.2) is 44.0 Å². The van der Waals surface area contributed by atoms with E-state index in [1.165, 1.54) is 0 Å². The summed E-state index contributed by atoms with van der Waals surface area (Å²) in [7, 11) is 1.91. The first-order valence-corrected chi connectivity index (χ1v) is 5.82. The molecule has 90 valence electrons. The van der Waals surface area contributed by atoms with Gasteiger partial charge in [0.25, 0.3) is 5.92 Å². The molecular weight excluding hydrogens is 198 g/mol. The Morgan fingerprint density at radius 3 is 2.73 bits per heavy atom. The minimum atomic E-state index is -2.46. The van der Waals surface area contributed by atoms with Crippen molar-refractivity contribution < 1.29 is 8.78 Å². The van der Waals surface area contributed by atoms with E-state index in [1.807, 2.05) is 11.9 Å². The Kier molecular flexibility index (Phi) is 4.93. The minimum Gasteiger partial charge on any atom is -0.319 e. The van der Waals surface area contributed by atoms with E-state index in [1.54, 1.807) is 0 Å². The van der Waals surface area contributed by atoms with Crippen LogP contribution >= 0.6 is 0 Å². The van der Waals surface area contributed by atoms with Gasteiger partial charge in [-0.15, -0.1) is 0 Å². The number of piperidine rings is 1. The van der Waals surface area contributed by atoms with Gasteiger partial charge in [0.15, 0.2) is 0 Å². The molecule has 1 aliphatic heterocycles. The molecule has 4 heteroatoms. The second-order valence-electron chi connectivity index (χ2n) is 4.53. The first kappa shape index (κ1) is 12.8. The Balaban J connectivity index is 2.36. The summed E-state index contributed by atoms with van der Waals surface area (Å²) in [5.41, 5.74) is 0. The molecule has 1 rings (SSSR count). The number of rotatable bonds is 5. The smallest absolute Gasteiger partial charge is 0.260 e. The monoisotopic (exact) mass is 220 g/mol. The molecule has 1 N–H and O–H groups in total. The summed E-state index contributed by atoms with van der Waals surface area (Å²) in [5, 5.41) is 3.11. The third-order valence-corrected chi connectivity index (χ3v) is 3.06. The Morgan fingerprint density at radius 1 is 1.47 bits per heavy atom. The Morgan fingerprint density at radius 2 is 2.20 bits per heavy atom. The van der Waals surface area contributed by atoms with Gasteiger partial charge in [-0.05, 0) is 32.5 Å². The van der Waals surface area contributed by atoms with E-state index in [4.69, 9.17) is 0 Å². The molecule has 0 bridgehead atoms. The van der Waals surface area contributed by atoms with E-state index in [2.05, 4.69) is 12.2 Å². The van der Waals surface area contributed by atoms with Crippen molar-refractivity contribution in [3.8, 4) is 0 Å². The molecule has 1 unspecified atom stereocenters. The Labute approximate surface area is 91.0 Å². The van der Waals surface area contributed by atoms with Gasteiger partial charge in [0, 0.05) is 13.0 Å². The highest BCUT2D eigenvalue weighted by Gasteiger charge is 2.35. The largest absolute Gasteiger partial charge is 0.319 e. The molecule has 2 nitrogen and oxygen atoms in total. The van der Waals surface area contributed by atoms with Gasteiger partial charge >= 0.3 is 0 Å². The van der Waals surface area contributed by atoms with Gasteiger partial charge in [-0.2, -0.15) is 0 Å². The molecule has 0 radical (unpaired) electrons. The maximum atomic E-state index is 13.1. The van der Waals surface area contributed by atoms with E-state index in [0.29, 0.717) is 12.3 Å². The van der Waals surface area contributed by atoms with Crippen LogP contribution in [0.5, 0.6) is 0 Å². The first-order valence-electron chi connectivity index (χ1n) is 5.82. The van der Waals surface area contributed by atoms with Crippen molar-refractivity contribution in [1.29, 1.82) is 0 Å². The zero-order valence-electron chi connectivity index (χ0n) is 9.73. The van der Waals surface area contributed by atoms with Gasteiger partial charge < -0.3 is 5.32 Å². The summed E-state index contributed by atoms with van der Waals surface area (Å²) in [5.74, 6) is -1.97. The van der Waals surface area contributed by atoms with E-state index >= 15 is 0 Å². The van der Waals surface area contributed by atoms with E-state index in [9.17, 15) is 8.78 Å². The van der Waals surface area contributed by atoms with Crippen LogP contribution in [0.2, 0.25) is 0 Å². The number of hydrogen-bond acceptors (Lipinski definition) is 2. The molecule has 0 aromatic rings. The van der Waals surface area contributed by atoms with Crippen LogP contribution in [-0.2, 0) is 0 Å². The number of nitrogens with one attached hydrogen (secondary N) is 1. The average molecular weight is 220 g/mol. The Bertz CT molecular complexity index is 185. The zero-order chi connectivity index (χ0) is 11.3. The average Bonchev–Trinajstić information content (AvgIpc) is 2.15. The van der Waals surface area contributed by atoms with Crippen LogP contribution in [0, 0.1) is 5.92 Å². The van der Waals surface area contributed by atoms with E-state index in [0.717, 1.165) is 26.1 Å². The van der Waals surface area contributed by atoms with Crippen molar-refractivity contribution in [2.75, 3.05) is 33.2 Å². The molecule has 0 spiro atoms. The lowest BCUT2D eigenvalue weighted by atomic mass is 10.0. The highest BCUT2D eigenvalue weighted by atomic mass is 19.3. The molecule has 1 atom stereocenters. The third kappa shape index (κ3) is 4.43. The van der Waals surface area contributed by atoms with Crippen molar-refractivity contribution >= 4 is 0 Å². The maximum absolute atomic E-state index is 13.1. The summed E-state index contributed by atoms with van der Waals surface area (Å²) < 4.78 is 26.3. The van der Waals surface area contributed by atoms with Crippen LogP contribution in [0.15, 0.2) is 0 Å². The number of likely N-dealkylation sites (tertiary alicyclic amines) is 1. The molecule has 15 heavy (non-hydrogen) atoms. The molecule has 0 amide bonds. The van der Waals surface area contributed by atoms with Gasteiger partial charge in [-0.3, -0.25) is 4.90 Å². The fourth-order valence-corrected chi connectivity index (χ4v) is 2.19. The minimum absolute atomic E-state index is 0.0484. The molecule has 0 aromatic heterocycles. The predicted octanol–water partition coefficient (Wildman–Crippen LogP) is 1.96. The molecule has 0 saturated carbocycles. The summed E-state index contributed by atoms with van der Waals surface area (Å²) in [6.07, 6.45) is 1.73. The lowest BCUT2D eigenvalue weighted by Crippen LogP contribution is -2.45. The highest BCUT2D eigenvalue weighted by Crippen LogP contribution is 2.27. The van der Waals surface area contributed by atoms with Crippen LogP contribution in [0.4, 0.5) is 8.78 Å². The number of hydrogen-bond donors (Lipinski definition) is 1. The number of halogens is 2. The molecule has 0 aromatic carbocycles. The highest BCUT2D eigenvalue weighted by molar-refractivity contribution is 4.80. The van der Waals surface area contributed by atoms with Gasteiger partial charge in [0.05, 0.1) is 6.54 Å². The first-order chi connectivity index (χ1) is 7.07. The van der Waals surface area contributed by atoms with E-state index in [-0.39, 0.29) is 13.0 Å². The van der Waals surface area contributed by atoms with E-state index < -0.39 is 5.92 Å². The van der Waals surface area contributed by atoms with Gasteiger partial charge in [-0.1, -0.05) is 13.3 Å². The van der Waals surface area contributed by atoms with Gasteiger partial charge in [-0.25, -0.2) is 8.78 Å². The SMILES string of the molecule is CCC(CNC)CN1CCCC(F)(F)C1. The van der Waals surface area contributed by atoms with Crippen LogP contribution in [0.3, 0.4) is 0 Å². The summed E-state index contributed by atoms with van der Waals surface area (Å²) in [4.78, 5) is 1.91. The van der Waals surface area contributed by atoms with Crippen molar-refractivity contribution in [3.63, 3.8) is 0 Å². The molecule has 0 aliphatic carbocycles. The van der Waals surface area contributed by atoms with Crippen molar-refractivity contribution in [1.82, 2.24) is 10.2 Å². The number of nitrogens with zero attached hydrogens (tertiary/aromatic N) is 1. The normalized spacial score (nSPS) is 24.0. The lowest BCUT2D eigenvalue weighted by Gasteiger charge is -2.34. The quantitative estimate of drug-likeness (QED) is 0.762. The molecule has 1 fully saturated rings. The van der Waals surface area contributed by atoms with Gasteiger partial charge in [0.2, 0.25) is 0 Å². The predicted molar refractivity (Wildman–Crippen MR) is 58.3 cm³/mol. The van der Waals surface area contributed by atoms with Gasteiger partial charge in [0.1, 0.15) is 0 Å².